The molecule has 1 amide bonds. The van der Waals surface area contributed by atoms with E-state index in [1.165, 1.54) is 6.07 Å². The van der Waals surface area contributed by atoms with Crippen LogP contribution in [0.5, 0.6) is 0 Å². The van der Waals surface area contributed by atoms with Crippen LogP contribution in [0.1, 0.15) is 17.1 Å². The fourth-order valence-corrected chi connectivity index (χ4v) is 2.36. The first-order valence-corrected chi connectivity index (χ1v) is 7.27. The van der Waals surface area contributed by atoms with Gasteiger partial charge in [0.15, 0.2) is 12.3 Å². The molecule has 1 aromatic carbocycles. The first-order valence-electron chi connectivity index (χ1n) is 7.27. The average Bonchev–Trinajstić information content (AvgIpc) is 2.85. The van der Waals surface area contributed by atoms with Gasteiger partial charge in [-0.25, -0.2) is 0 Å². The van der Waals surface area contributed by atoms with Crippen LogP contribution in [0.25, 0.3) is 0 Å². The van der Waals surface area contributed by atoms with Crippen molar-refractivity contribution in [3.63, 3.8) is 0 Å². The van der Waals surface area contributed by atoms with Crippen LogP contribution in [-0.2, 0) is 11.3 Å². The van der Waals surface area contributed by atoms with Gasteiger partial charge in [0.2, 0.25) is 0 Å². The SMILES string of the molecule is Cc1ccc(C[NH+](C)CC(=O)Nc2c(C)cccc2[N+](=O)[O-])o1. The zero-order valence-electron chi connectivity index (χ0n) is 13.4. The van der Waals surface area contributed by atoms with E-state index in [0.29, 0.717) is 12.1 Å². The van der Waals surface area contributed by atoms with E-state index in [2.05, 4.69) is 5.32 Å². The lowest BCUT2D eigenvalue weighted by atomic mass is 10.1. The monoisotopic (exact) mass is 318 g/mol. The third-order valence-electron chi connectivity index (χ3n) is 3.45. The standard InChI is InChI=1S/C16H19N3O4/c1-11-5-4-6-14(19(21)22)16(11)17-15(20)10-18(3)9-13-8-7-12(2)23-13/h4-8H,9-10H2,1-3H3,(H,17,20)/p+1. The molecule has 0 aliphatic heterocycles. The molecule has 2 N–H and O–H groups in total. The summed E-state index contributed by atoms with van der Waals surface area (Å²) < 4.78 is 5.48. The number of hydrogen-bond donors (Lipinski definition) is 2. The second-order valence-corrected chi connectivity index (χ2v) is 5.60. The van der Waals surface area contributed by atoms with Crippen LogP contribution in [-0.4, -0.2) is 24.4 Å². The van der Waals surface area contributed by atoms with Gasteiger partial charge in [0, 0.05) is 6.07 Å². The normalized spacial score (nSPS) is 12.0. The van der Waals surface area contributed by atoms with Crippen LogP contribution in [0.3, 0.4) is 0 Å². The fraction of sp³-hybridized carbons (Fsp3) is 0.312. The topological polar surface area (TPSA) is 89.8 Å². The largest absolute Gasteiger partial charge is 0.460 e. The molecular weight excluding hydrogens is 298 g/mol. The van der Waals surface area contributed by atoms with Crippen molar-refractivity contribution in [1.82, 2.24) is 0 Å². The number of quaternary nitrogens is 1. The van der Waals surface area contributed by atoms with E-state index in [9.17, 15) is 14.9 Å². The molecule has 1 unspecified atom stereocenters. The minimum Gasteiger partial charge on any atom is -0.460 e. The van der Waals surface area contributed by atoms with Gasteiger partial charge in [-0.05, 0) is 31.5 Å². The quantitative estimate of drug-likeness (QED) is 0.623. The zero-order chi connectivity index (χ0) is 17.0. The number of nitrogens with one attached hydrogen (secondary N) is 2. The molecule has 1 atom stereocenters. The van der Waals surface area contributed by atoms with Gasteiger partial charge >= 0.3 is 0 Å². The highest BCUT2D eigenvalue weighted by Gasteiger charge is 2.19. The lowest BCUT2D eigenvalue weighted by molar-refractivity contribution is -0.886. The summed E-state index contributed by atoms with van der Waals surface area (Å²) in [5.74, 6) is 1.35. The number of para-hydroxylation sites is 1. The predicted molar refractivity (Wildman–Crippen MR) is 85.4 cm³/mol. The Labute approximate surface area is 134 Å². The number of aryl methyl sites for hydroxylation is 2. The molecule has 0 saturated heterocycles. The second-order valence-electron chi connectivity index (χ2n) is 5.60. The Hall–Kier alpha value is -2.67. The van der Waals surface area contributed by atoms with E-state index < -0.39 is 4.92 Å². The van der Waals surface area contributed by atoms with Gasteiger partial charge in [0.05, 0.1) is 12.0 Å². The van der Waals surface area contributed by atoms with E-state index in [4.69, 9.17) is 4.42 Å². The Balaban J connectivity index is 2.01. The van der Waals surface area contributed by atoms with E-state index >= 15 is 0 Å². The molecule has 0 saturated carbocycles. The number of rotatable bonds is 6. The van der Waals surface area contributed by atoms with Crippen molar-refractivity contribution in [2.75, 3.05) is 18.9 Å². The molecule has 0 bridgehead atoms. The molecule has 2 aromatic rings. The molecule has 1 aromatic heterocycles. The van der Waals surface area contributed by atoms with E-state index in [0.717, 1.165) is 16.4 Å². The fourth-order valence-electron chi connectivity index (χ4n) is 2.36. The van der Waals surface area contributed by atoms with E-state index in [1.54, 1.807) is 19.1 Å². The third-order valence-corrected chi connectivity index (χ3v) is 3.45. The second kappa shape index (κ2) is 7.06. The van der Waals surface area contributed by atoms with Gasteiger partial charge < -0.3 is 14.6 Å². The number of hydrogen-bond acceptors (Lipinski definition) is 4. The Bertz CT molecular complexity index is 724. The molecule has 0 aliphatic rings. The van der Waals surface area contributed by atoms with Crippen molar-refractivity contribution >= 4 is 17.3 Å². The smallest absolute Gasteiger partial charge is 0.293 e. The highest BCUT2D eigenvalue weighted by atomic mass is 16.6. The maximum Gasteiger partial charge on any atom is 0.293 e. The summed E-state index contributed by atoms with van der Waals surface area (Å²) in [6.07, 6.45) is 0. The number of nitrogens with zero attached hydrogens (tertiary/aromatic N) is 1. The lowest BCUT2D eigenvalue weighted by Gasteiger charge is -2.13. The number of carbonyl (C=O) groups excluding carboxylic acids is 1. The van der Waals surface area contributed by atoms with Crippen molar-refractivity contribution in [3.05, 3.63) is 57.5 Å². The molecule has 23 heavy (non-hydrogen) atoms. The molecule has 0 spiro atoms. The van der Waals surface area contributed by atoms with Gasteiger partial charge in [-0.15, -0.1) is 0 Å². The van der Waals surface area contributed by atoms with Crippen LogP contribution < -0.4 is 10.2 Å². The summed E-state index contributed by atoms with van der Waals surface area (Å²) in [6.45, 7) is 4.34. The van der Waals surface area contributed by atoms with Crippen molar-refractivity contribution < 1.29 is 19.0 Å². The first kappa shape index (κ1) is 16.7. The number of furan rings is 1. The van der Waals surface area contributed by atoms with Crippen LogP contribution >= 0.6 is 0 Å². The summed E-state index contributed by atoms with van der Waals surface area (Å²) in [5.41, 5.74) is 0.814. The Kier molecular flexibility index (Phi) is 5.13. The number of amides is 1. The van der Waals surface area contributed by atoms with E-state index in [1.807, 2.05) is 26.1 Å². The Morgan fingerprint density at radius 2 is 2.04 bits per heavy atom. The molecule has 2 rings (SSSR count). The average molecular weight is 318 g/mol. The summed E-state index contributed by atoms with van der Waals surface area (Å²) in [7, 11) is 1.86. The highest BCUT2D eigenvalue weighted by Crippen LogP contribution is 2.27. The maximum absolute atomic E-state index is 12.2. The number of likely N-dealkylation sites (N-methyl/N-ethyl adjacent to an activating group) is 1. The molecule has 1 heterocycles. The highest BCUT2D eigenvalue weighted by molar-refractivity contribution is 5.94. The van der Waals surface area contributed by atoms with Crippen LogP contribution in [0, 0.1) is 24.0 Å². The first-order chi connectivity index (χ1) is 10.9. The van der Waals surface area contributed by atoms with Gasteiger partial charge in [0.1, 0.15) is 18.0 Å². The number of benzene rings is 1. The minimum atomic E-state index is -0.495. The lowest BCUT2D eigenvalue weighted by Crippen LogP contribution is -3.08. The summed E-state index contributed by atoms with van der Waals surface area (Å²) in [4.78, 5) is 23.6. The van der Waals surface area contributed by atoms with Gasteiger partial charge in [0.25, 0.3) is 11.6 Å². The van der Waals surface area contributed by atoms with Gasteiger partial charge in [-0.3, -0.25) is 14.9 Å². The zero-order valence-corrected chi connectivity index (χ0v) is 13.4. The Morgan fingerprint density at radius 3 is 2.65 bits per heavy atom. The van der Waals surface area contributed by atoms with Crippen LogP contribution in [0.15, 0.2) is 34.7 Å². The molecule has 0 radical (unpaired) electrons. The summed E-state index contributed by atoms with van der Waals surface area (Å²) in [6, 6.07) is 8.46. The minimum absolute atomic E-state index is 0.0994. The molecule has 7 heteroatoms. The van der Waals surface area contributed by atoms with E-state index in [-0.39, 0.29) is 23.8 Å². The maximum atomic E-state index is 12.2. The van der Waals surface area contributed by atoms with Crippen molar-refractivity contribution in [2.24, 2.45) is 0 Å². The molecule has 0 aliphatic carbocycles. The number of nitro benzene ring substituents is 1. The van der Waals surface area contributed by atoms with Gasteiger partial charge in [-0.1, -0.05) is 12.1 Å². The molecule has 0 fully saturated rings. The Morgan fingerprint density at radius 1 is 1.30 bits per heavy atom. The van der Waals surface area contributed by atoms with Crippen LogP contribution in [0.4, 0.5) is 11.4 Å². The summed E-state index contributed by atoms with van der Waals surface area (Å²) in [5, 5.41) is 13.7. The van der Waals surface area contributed by atoms with Crippen molar-refractivity contribution in [2.45, 2.75) is 20.4 Å². The van der Waals surface area contributed by atoms with Crippen LogP contribution in [0.2, 0.25) is 0 Å². The number of anilines is 1. The number of nitro groups is 1. The van der Waals surface area contributed by atoms with Crippen molar-refractivity contribution in [1.29, 1.82) is 0 Å². The predicted octanol–water partition coefficient (Wildman–Crippen LogP) is 1.46. The van der Waals surface area contributed by atoms with Crippen molar-refractivity contribution in [3.8, 4) is 0 Å². The number of carbonyl (C=O) groups is 1. The van der Waals surface area contributed by atoms with Gasteiger partial charge in [-0.2, -0.15) is 0 Å². The molecule has 7 nitrogen and oxygen atoms in total. The molecular formula is C16H20N3O4+. The molecule has 122 valence electrons. The summed E-state index contributed by atoms with van der Waals surface area (Å²) >= 11 is 0. The third kappa shape index (κ3) is 4.40.